The summed E-state index contributed by atoms with van der Waals surface area (Å²) in [6.07, 6.45) is 3.16. The van der Waals surface area contributed by atoms with Gasteiger partial charge >= 0.3 is 0 Å². The molecule has 0 aliphatic carbocycles. The van der Waals surface area contributed by atoms with E-state index in [1.165, 1.54) is 17.4 Å². The van der Waals surface area contributed by atoms with E-state index in [9.17, 15) is 9.18 Å². The van der Waals surface area contributed by atoms with Crippen LogP contribution in [-0.2, 0) is 11.2 Å². The molecule has 0 aliphatic heterocycles. The number of amides is 1. The summed E-state index contributed by atoms with van der Waals surface area (Å²) >= 11 is 6.88. The Kier molecular flexibility index (Phi) is 5.49. The van der Waals surface area contributed by atoms with Gasteiger partial charge in [-0.15, -0.1) is 22.9 Å². The van der Waals surface area contributed by atoms with Crippen LogP contribution in [0.25, 0.3) is 0 Å². The zero-order chi connectivity index (χ0) is 14.4. The van der Waals surface area contributed by atoms with Crippen molar-refractivity contribution in [1.29, 1.82) is 0 Å². The second kappa shape index (κ2) is 7.36. The van der Waals surface area contributed by atoms with Crippen LogP contribution in [0.15, 0.2) is 30.5 Å². The molecule has 2 aromatic rings. The minimum Gasteiger partial charge on any atom is -0.302 e. The number of hydrogen-bond acceptors (Lipinski definition) is 3. The summed E-state index contributed by atoms with van der Waals surface area (Å²) in [6.45, 7) is 0. The maximum Gasteiger partial charge on any atom is 0.226 e. The minimum absolute atomic E-state index is 0.0996. The van der Waals surface area contributed by atoms with Crippen molar-refractivity contribution in [3.8, 4) is 0 Å². The number of aromatic nitrogens is 1. The molecule has 6 heteroatoms. The van der Waals surface area contributed by atoms with E-state index in [2.05, 4.69) is 10.3 Å². The topological polar surface area (TPSA) is 42.0 Å². The quantitative estimate of drug-likeness (QED) is 0.824. The highest BCUT2D eigenvalue weighted by Crippen LogP contribution is 2.22. The SMILES string of the molecule is O=C(CCCCl)Nc1ncc(Cc2ccccc2F)s1. The molecule has 0 saturated heterocycles. The molecule has 0 radical (unpaired) electrons. The number of carbonyl (C=O) groups excluding carboxylic acids is 1. The average Bonchev–Trinajstić information content (AvgIpc) is 2.86. The van der Waals surface area contributed by atoms with E-state index >= 15 is 0 Å². The summed E-state index contributed by atoms with van der Waals surface area (Å²) in [5.41, 5.74) is 0.621. The van der Waals surface area contributed by atoms with Gasteiger partial charge < -0.3 is 5.32 Å². The molecule has 1 aromatic heterocycles. The highest BCUT2D eigenvalue weighted by atomic mass is 35.5. The van der Waals surface area contributed by atoms with E-state index in [0.29, 0.717) is 35.8 Å². The third-order valence-corrected chi connectivity index (χ3v) is 3.84. The monoisotopic (exact) mass is 312 g/mol. The van der Waals surface area contributed by atoms with Crippen molar-refractivity contribution in [3.05, 3.63) is 46.7 Å². The first-order valence-corrected chi connectivity index (χ1v) is 7.58. The lowest BCUT2D eigenvalue weighted by Gasteiger charge is -2.00. The highest BCUT2D eigenvalue weighted by molar-refractivity contribution is 7.15. The average molecular weight is 313 g/mol. The Bertz CT molecular complexity index is 588. The summed E-state index contributed by atoms with van der Waals surface area (Å²) in [7, 11) is 0. The van der Waals surface area contributed by atoms with Gasteiger partial charge in [-0.25, -0.2) is 9.37 Å². The van der Waals surface area contributed by atoms with E-state index in [4.69, 9.17) is 11.6 Å². The van der Waals surface area contributed by atoms with Crippen LogP contribution in [0.2, 0.25) is 0 Å². The van der Waals surface area contributed by atoms with E-state index in [-0.39, 0.29) is 11.7 Å². The third kappa shape index (κ3) is 4.28. The van der Waals surface area contributed by atoms with Gasteiger partial charge in [-0.2, -0.15) is 0 Å². The molecule has 0 unspecified atom stereocenters. The number of nitrogens with zero attached hydrogens (tertiary/aromatic N) is 1. The first-order chi connectivity index (χ1) is 9.69. The first kappa shape index (κ1) is 14.9. The molecule has 0 spiro atoms. The molecule has 0 aliphatic rings. The van der Waals surface area contributed by atoms with Gasteiger partial charge in [-0.05, 0) is 18.1 Å². The molecule has 1 N–H and O–H groups in total. The fourth-order valence-electron chi connectivity index (χ4n) is 1.69. The van der Waals surface area contributed by atoms with E-state index < -0.39 is 0 Å². The molecule has 106 valence electrons. The molecule has 0 atom stereocenters. The maximum atomic E-state index is 13.5. The van der Waals surface area contributed by atoms with Crippen molar-refractivity contribution in [3.63, 3.8) is 0 Å². The molecular formula is C14H14ClFN2OS. The van der Waals surface area contributed by atoms with Crippen molar-refractivity contribution in [2.75, 3.05) is 11.2 Å². The van der Waals surface area contributed by atoms with E-state index in [0.717, 1.165) is 4.88 Å². The van der Waals surface area contributed by atoms with E-state index in [1.54, 1.807) is 24.4 Å². The van der Waals surface area contributed by atoms with Gasteiger partial charge in [0, 0.05) is 29.8 Å². The van der Waals surface area contributed by atoms with Gasteiger partial charge in [0.1, 0.15) is 5.82 Å². The normalized spacial score (nSPS) is 10.5. The molecule has 1 aromatic carbocycles. The lowest BCUT2D eigenvalue weighted by atomic mass is 10.1. The van der Waals surface area contributed by atoms with Crippen LogP contribution in [0.3, 0.4) is 0 Å². The van der Waals surface area contributed by atoms with Crippen LogP contribution < -0.4 is 5.32 Å². The third-order valence-electron chi connectivity index (χ3n) is 2.66. The fraction of sp³-hybridized carbons (Fsp3) is 0.286. The Labute approximate surface area is 125 Å². The number of benzene rings is 1. The van der Waals surface area contributed by atoms with Gasteiger partial charge in [0.2, 0.25) is 5.91 Å². The number of halogens is 2. The summed E-state index contributed by atoms with van der Waals surface area (Å²) in [4.78, 5) is 16.6. The standard InChI is InChI=1S/C14H14ClFN2OS/c15-7-3-6-13(19)18-14-17-9-11(20-14)8-10-4-1-2-5-12(10)16/h1-2,4-5,9H,3,6-8H2,(H,17,18,19). The molecule has 1 heterocycles. The minimum atomic E-state index is -0.228. The smallest absolute Gasteiger partial charge is 0.226 e. The molecule has 1 amide bonds. The van der Waals surface area contributed by atoms with Crippen LogP contribution in [0.1, 0.15) is 23.3 Å². The molecule has 0 saturated carbocycles. The lowest BCUT2D eigenvalue weighted by Crippen LogP contribution is -2.10. The van der Waals surface area contributed by atoms with Crippen molar-refractivity contribution in [1.82, 2.24) is 4.98 Å². The molecule has 3 nitrogen and oxygen atoms in total. The molecule has 0 fully saturated rings. The Balaban J connectivity index is 1.96. The largest absolute Gasteiger partial charge is 0.302 e. The van der Waals surface area contributed by atoms with Crippen LogP contribution in [0.4, 0.5) is 9.52 Å². The summed E-state index contributed by atoms with van der Waals surface area (Å²) in [6, 6.07) is 6.64. The second-order valence-corrected chi connectivity index (χ2v) is 5.73. The van der Waals surface area contributed by atoms with Gasteiger partial charge in [0.05, 0.1) is 0 Å². The highest BCUT2D eigenvalue weighted by Gasteiger charge is 2.08. The number of alkyl halides is 1. The van der Waals surface area contributed by atoms with Crippen LogP contribution in [0.5, 0.6) is 0 Å². The van der Waals surface area contributed by atoms with Gasteiger partial charge in [0.25, 0.3) is 0 Å². The van der Waals surface area contributed by atoms with Crippen molar-refractivity contribution in [2.45, 2.75) is 19.3 Å². The van der Waals surface area contributed by atoms with E-state index in [1.807, 2.05) is 0 Å². The molecule has 0 bridgehead atoms. The Morgan fingerprint density at radius 1 is 1.40 bits per heavy atom. The van der Waals surface area contributed by atoms with Crippen molar-refractivity contribution in [2.24, 2.45) is 0 Å². The zero-order valence-electron chi connectivity index (χ0n) is 10.7. The summed E-state index contributed by atoms with van der Waals surface area (Å²) in [5, 5.41) is 3.25. The predicted molar refractivity (Wildman–Crippen MR) is 79.9 cm³/mol. The fourth-order valence-corrected chi connectivity index (χ4v) is 2.67. The van der Waals surface area contributed by atoms with Crippen molar-refractivity contribution >= 4 is 34.0 Å². The maximum absolute atomic E-state index is 13.5. The number of carbonyl (C=O) groups is 1. The number of nitrogens with one attached hydrogen (secondary N) is 1. The number of anilines is 1. The predicted octanol–water partition coefficient (Wildman–Crippen LogP) is 3.83. The van der Waals surface area contributed by atoms with Gasteiger partial charge in [-0.1, -0.05) is 18.2 Å². The van der Waals surface area contributed by atoms with Gasteiger partial charge in [-0.3, -0.25) is 4.79 Å². The first-order valence-electron chi connectivity index (χ1n) is 6.23. The Hall–Kier alpha value is -1.46. The molecular weight excluding hydrogens is 299 g/mol. The molecule has 2 rings (SSSR count). The Morgan fingerprint density at radius 3 is 2.95 bits per heavy atom. The summed E-state index contributed by atoms with van der Waals surface area (Å²) < 4.78 is 13.5. The van der Waals surface area contributed by atoms with Crippen LogP contribution >= 0.6 is 22.9 Å². The Morgan fingerprint density at radius 2 is 2.20 bits per heavy atom. The summed E-state index contributed by atoms with van der Waals surface area (Å²) in [5.74, 6) is 0.134. The number of thiazole rings is 1. The molecule has 20 heavy (non-hydrogen) atoms. The van der Waals surface area contributed by atoms with Crippen LogP contribution in [-0.4, -0.2) is 16.8 Å². The second-order valence-electron chi connectivity index (χ2n) is 4.24. The van der Waals surface area contributed by atoms with Crippen LogP contribution in [0, 0.1) is 5.82 Å². The lowest BCUT2D eigenvalue weighted by molar-refractivity contribution is -0.116. The number of hydrogen-bond donors (Lipinski definition) is 1. The number of rotatable bonds is 6. The van der Waals surface area contributed by atoms with Gasteiger partial charge in [0.15, 0.2) is 5.13 Å². The zero-order valence-corrected chi connectivity index (χ0v) is 12.3. The van der Waals surface area contributed by atoms with Crippen molar-refractivity contribution < 1.29 is 9.18 Å².